The lowest BCUT2D eigenvalue weighted by Crippen LogP contribution is -2.63. The van der Waals surface area contributed by atoms with Crippen LogP contribution in [0.1, 0.15) is 16.8 Å². The third-order valence-corrected chi connectivity index (χ3v) is 5.14. The Bertz CT molecular complexity index is 880. The summed E-state index contributed by atoms with van der Waals surface area (Å²) >= 11 is 0. The van der Waals surface area contributed by atoms with Crippen LogP contribution in [0.25, 0.3) is 5.65 Å². The van der Waals surface area contributed by atoms with Gasteiger partial charge in [0.05, 0.1) is 12.7 Å². The normalized spacial score (nSPS) is 27.7. The van der Waals surface area contributed by atoms with Gasteiger partial charge in [-0.2, -0.15) is 0 Å². The Labute approximate surface area is 143 Å². The number of fused-ring (bicyclic) bond motifs is 2. The molecule has 2 aliphatic rings. The summed E-state index contributed by atoms with van der Waals surface area (Å²) in [4.78, 5) is 29.2. The number of pyridine rings is 1. The molecular weight excluding hydrogens is 326 g/mol. The van der Waals surface area contributed by atoms with Crippen LogP contribution in [0.5, 0.6) is 5.75 Å². The Kier molecular flexibility index (Phi) is 3.93. The van der Waals surface area contributed by atoms with E-state index in [0.29, 0.717) is 13.2 Å². The van der Waals surface area contributed by atoms with Gasteiger partial charge in [-0.1, -0.05) is 0 Å². The minimum absolute atomic E-state index is 0.0540. The molecule has 0 aromatic carbocycles. The van der Waals surface area contributed by atoms with Crippen molar-refractivity contribution < 1.29 is 19.4 Å². The van der Waals surface area contributed by atoms with Crippen molar-refractivity contribution in [3.05, 3.63) is 40.4 Å². The monoisotopic (exact) mass is 345 g/mol. The first-order valence-corrected chi connectivity index (χ1v) is 8.22. The zero-order chi connectivity index (χ0) is 17.6. The average Bonchev–Trinajstić information content (AvgIpc) is 3.03. The number of nitrogens with one attached hydrogen (secondary N) is 1. The predicted molar refractivity (Wildman–Crippen MR) is 87.6 cm³/mol. The van der Waals surface area contributed by atoms with Gasteiger partial charge in [-0.15, -0.1) is 0 Å². The van der Waals surface area contributed by atoms with Gasteiger partial charge in [-0.25, -0.2) is 4.98 Å². The van der Waals surface area contributed by atoms with E-state index < -0.39 is 11.5 Å². The molecule has 25 heavy (non-hydrogen) atoms. The Morgan fingerprint density at radius 2 is 2.40 bits per heavy atom. The largest absolute Gasteiger partial charge is 0.504 e. The fourth-order valence-electron chi connectivity index (χ4n) is 3.91. The van der Waals surface area contributed by atoms with E-state index in [-0.39, 0.29) is 40.9 Å². The quantitative estimate of drug-likeness (QED) is 0.820. The van der Waals surface area contributed by atoms with E-state index in [0.717, 1.165) is 6.42 Å². The number of hydrogen-bond donors (Lipinski definition) is 2. The highest BCUT2D eigenvalue weighted by molar-refractivity contribution is 5.94. The van der Waals surface area contributed by atoms with Crippen LogP contribution in [0.4, 0.5) is 0 Å². The predicted octanol–water partition coefficient (Wildman–Crippen LogP) is 0.180. The molecule has 1 aliphatic carbocycles. The fraction of sp³-hybridized carbons (Fsp3) is 0.471. The molecule has 0 unspecified atom stereocenters. The molecule has 1 amide bonds. The lowest BCUT2D eigenvalue weighted by Gasteiger charge is -2.47. The summed E-state index contributed by atoms with van der Waals surface area (Å²) in [5.74, 6) is -0.241. The minimum Gasteiger partial charge on any atom is -0.504 e. The van der Waals surface area contributed by atoms with Gasteiger partial charge in [-0.3, -0.25) is 14.0 Å². The molecular formula is C17H19N3O5. The number of rotatable bonds is 4. The van der Waals surface area contributed by atoms with Crippen LogP contribution in [-0.2, 0) is 9.47 Å². The number of ether oxygens (including phenoxy) is 2. The van der Waals surface area contributed by atoms with E-state index in [1.807, 2.05) is 0 Å². The van der Waals surface area contributed by atoms with E-state index in [1.165, 1.54) is 28.9 Å². The SMILES string of the molecule is COC[C@H]1[C@@H](NC(=O)c2cnc3c(O)cccn3c2=O)[C@H]2CCO[C@H]21. The minimum atomic E-state index is -0.514. The molecule has 4 rings (SSSR count). The van der Waals surface area contributed by atoms with Gasteiger partial charge in [0, 0.05) is 44.0 Å². The van der Waals surface area contributed by atoms with E-state index in [1.54, 1.807) is 7.11 Å². The van der Waals surface area contributed by atoms with Gasteiger partial charge in [0.25, 0.3) is 11.5 Å². The summed E-state index contributed by atoms with van der Waals surface area (Å²) in [7, 11) is 1.62. The second kappa shape index (κ2) is 6.12. The first-order chi connectivity index (χ1) is 12.1. The van der Waals surface area contributed by atoms with Gasteiger partial charge < -0.3 is 19.9 Å². The second-order valence-electron chi connectivity index (χ2n) is 6.47. The average molecular weight is 345 g/mol. The zero-order valence-electron chi connectivity index (χ0n) is 13.7. The molecule has 2 N–H and O–H groups in total. The molecule has 2 aromatic heterocycles. The molecule has 0 bridgehead atoms. The first-order valence-electron chi connectivity index (χ1n) is 8.22. The fourth-order valence-corrected chi connectivity index (χ4v) is 3.91. The van der Waals surface area contributed by atoms with E-state index >= 15 is 0 Å². The van der Waals surface area contributed by atoms with Crippen molar-refractivity contribution in [2.24, 2.45) is 11.8 Å². The summed E-state index contributed by atoms with van der Waals surface area (Å²) < 4.78 is 12.1. The number of carbonyl (C=O) groups excluding carboxylic acids is 1. The molecule has 4 atom stereocenters. The van der Waals surface area contributed by atoms with Crippen molar-refractivity contribution in [2.75, 3.05) is 20.3 Å². The Morgan fingerprint density at radius 1 is 1.56 bits per heavy atom. The van der Waals surface area contributed by atoms with Gasteiger partial charge in [0.1, 0.15) is 5.56 Å². The molecule has 0 spiro atoms. The van der Waals surface area contributed by atoms with Crippen LogP contribution in [0.3, 0.4) is 0 Å². The number of aromatic nitrogens is 2. The van der Waals surface area contributed by atoms with Crippen LogP contribution in [-0.4, -0.2) is 52.9 Å². The number of carbonyl (C=O) groups is 1. The van der Waals surface area contributed by atoms with Crippen molar-refractivity contribution in [2.45, 2.75) is 18.6 Å². The molecule has 2 aromatic rings. The molecule has 8 heteroatoms. The number of hydrogen-bond acceptors (Lipinski definition) is 6. The highest BCUT2D eigenvalue weighted by atomic mass is 16.5. The van der Waals surface area contributed by atoms with Crippen molar-refractivity contribution >= 4 is 11.6 Å². The van der Waals surface area contributed by atoms with Crippen LogP contribution in [0.2, 0.25) is 0 Å². The molecule has 2 fully saturated rings. The van der Waals surface area contributed by atoms with Gasteiger partial charge in [-0.05, 0) is 18.6 Å². The standard InChI is InChI=1S/C17H19N3O5/c1-24-8-11-13(9-4-6-25-14(9)11)19-16(22)10-7-18-15-12(21)3-2-5-20(15)17(10)23/h2-3,5,7,9,11,13-14,21H,4,6,8H2,1H3,(H,19,22)/t9-,11+,13+,14-/m1/s1. The summed E-state index contributed by atoms with van der Waals surface area (Å²) in [5, 5.41) is 12.7. The number of amides is 1. The molecule has 1 saturated carbocycles. The van der Waals surface area contributed by atoms with Crippen molar-refractivity contribution in [3.8, 4) is 5.75 Å². The summed E-state index contributed by atoms with van der Waals surface area (Å²) in [6.45, 7) is 1.18. The van der Waals surface area contributed by atoms with Gasteiger partial charge in [0.2, 0.25) is 0 Å². The van der Waals surface area contributed by atoms with Gasteiger partial charge >= 0.3 is 0 Å². The number of nitrogens with zero attached hydrogens (tertiary/aromatic N) is 2. The third kappa shape index (κ3) is 2.49. The topological polar surface area (TPSA) is 102 Å². The van der Waals surface area contributed by atoms with Crippen LogP contribution in [0, 0.1) is 11.8 Å². The highest BCUT2D eigenvalue weighted by Gasteiger charge is 2.54. The summed E-state index contributed by atoms with van der Waals surface area (Å²) in [6, 6.07) is 2.88. The van der Waals surface area contributed by atoms with E-state index in [2.05, 4.69) is 10.3 Å². The van der Waals surface area contributed by atoms with Crippen LogP contribution in [0.15, 0.2) is 29.3 Å². The van der Waals surface area contributed by atoms with Crippen LogP contribution < -0.4 is 10.9 Å². The third-order valence-electron chi connectivity index (χ3n) is 5.14. The summed E-state index contributed by atoms with van der Waals surface area (Å²) in [6.07, 6.45) is 3.68. The highest BCUT2D eigenvalue weighted by Crippen LogP contribution is 2.43. The zero-order valence-corrected chi connectivity index (χ0v) is 13.7. The van der Waals surface area contributed by atoms with Crippen molar-refractivity contribution in [1.29, 1.82) is 0 Å². The molecule has 3 heterocycles. The smallest absolute Gasteiger partial charge is 0.270 e. The Hall–Kier alpha value is -2.45. The molecule has 1 saturated heterocycles. The lowest BCUT2D eigenvalue weighted by atomic mass is 9.67. The van der Waals surface area contributed by atoms with E-state index in [9.17, 15) is 14.7 Å². The maximum absolute atomic E-state index is 12.6. The molecule has 1 aliphatic heterocycles. The molecule has 132 valence electrons. The van der Waals surface area contributed by atoms with Crippen molar-refractivity contribution in [1.82, 2.24) is 14.7 Å². The Morgan fingerprint density at radius 3 is 3.20 bits per heavy atom. The first kappa shape index (κ1) is 16.0. The molecule has 0 radical (unpaired) electrons. The Balaban J connectivity index is 1.60. The molecule has 8 nitrogen and oxygen atoms in total. The van der Waals surface area contributed by atoms with Crippen LogP contribution >= 0.6 is 0 Å². The second-order valence-corrected chi connectivity index (χ2v) is 6.47. The number of aromatic hydroxyl groups is 1. The van der Waals surface area contributed by atoms with Gasteiger partial charge in [0.15, 0.2) is 11.4 Å². The van der Waals surface area contributed by atoms with Crippen molar-refractivity contribution in [3.63, 3.8) is 0 Å². The summed E-state index contributed by atoms with van der Waals surface area (Å²) in [5.41, 5.74) is -0.448. The lowest BCUT2D eigenvalue weighted by molar-refractivity contribution is -0.0809. The maximum Gasteiger partial charge on any atom is 0.270 e. The maximum atomic E-state index is 12.6. The van der Waals surface area contributed by atoms with E-state index in [4.69, 9.17) is 9.47 Å². The number of methoxy groups -OCH3 is 1.